The summed E-state index contributed by atoms with van der Waals surface area (Å²) in [5.74, 6) is 0.481. The van der Waals surface area contributed by atoms with E-state index in [1.54, 1.807) is 6.21 Å². The minimum atomic E-state index is -0.859. The molecule has 0 saturated carbocycles. The number of carboxylic acid groups (broad SMARTS) is 1. The Kier molecular flexibility index (Phi) is 15.4. The number of carbonyl (C=O) groups excluding carboxylic acids is 3. The van der Waals surface area contributed by atoms with Gasteiger partial charge >= 0.3 is 5.97 Å². The molecule has 10 rings (SSSR count). The molecule has 6 heterocycles. The van der Waals surface area contributed by atoms with E-state index in [1.165, 1.54) is 28.5 Å². The second-order valence-corrected chi connectivity index (χ2v) is 17.1. The fourth-order valence-electron chi connectivity index (χ4n) is 8.86. The maximum Gasteiger partial charge on any atom is 0.309 e. The highest BCUT2D eigenvalue weighted by Crippen LogP contribution is 2.26. The van der Waals surface area contributed by atoms with Gasteiger partial charge in [-0.1, -0.05) is 48.5 Å². The Morgan fingerprint density at radius 3 is 1.54 bits per heavy atom. The molecule has 0 atom stereocenters. The first-order chi connectivity index (χ1) is 32.6. The number of carboxylic acids is 1. The van der Waals surface area contributed by atoms with Crippen LogP contribution in [0.4, 0.5) is 11.9 Å². The summed E-state index contributed by atoms with van der Waals surface area (Å²) in [7, 11) is 0. The molecular weight excluding hydrogens is 853 g/mol. The van der Waals surface area contributed by atoms with Gasteiger partial charge in [-0.25, -0.2) is 19.9 Å². The van der Waals surface area contributed by atoms with Crippen molar-refractivity contribution in [1.82, 2.24) is 35.1 Å². The summed E-state index contributed by atoms with van der Waals surface area (Å²) in [6.07, 6.45) is 13.1. The van der Waals surface area contributed by atoms with Gasteiger partial charge in [0.05, 0.1) is 35.7 Å². The van der Waals surface area contributed by atoms with Crippen LogP contribution in [0.15, 0.2) is 80.9 Å². The van der Waals surface area contributed by atoms with E-state index in [0.29, 0.717) is 101 Å². The summed E-state index contributed by atoms with van der Waals surface area (Å²) >= 11 is 0. The van der Waals surface area contributed by atoms with Crippen LogP contribution in [0.3, 0.4) is 0 Å². The molecule has 2 aromatic heterocycles. The standard InChI is InChI=1S/C24H27N7O2.C19H23N5O.C5H6N2O2/c32-22(11-20-13-25-15-28-20)26-7-5-23(33)31-8-6-21-18(14-31)12-27-24(30-21)29-19-9-16-3-1-2-4-17(16)10-19;20-7-5-18(25)24-8-6-17-15(12-24)11-21-19(23-17)22-16-9-13-3-1-2-4-14(13)10-16;8-5(9)1-4-2-6-3-7-4/h1-4,12-13,19H,5-11,14-15H2,(H,26,32)(H,27,29,30);1-4,11,16H,5-10,12,20H2,(H,21,22,23);2H,1,3H2,(H,8,9). The third-order valence-corrected chi connectivity index (χ3v) is 12.2. The minimum Gasteiger partial charge on any atom is -0.481 e. The predicted octanol–water partition coefficient (Wildman–Crippen LogP) is 2.55. The number of nitrogens with two attached hydrogens (primary N) is 1. The average molecular weight is 909 g/mol. The summed E-state index contributed by atoms with van der Waals surface area (Å²) in [6.45, 7) is 3.92. The molecule has 2 aliphatic carbocycles. The van der Waals surface area contributed by atoms with Gasteiger partial charge in [0.2, 0.25) is 29.6 Å². The molecule has 0 spiro atoms. The van der Waals surface area contributed by atoms with E-state index in [1.807, 2.05) is 22.2 Å². The summed E-state index contributed by atoms with van der Waals surface area (Å²) in [4.78, 5) is 84.2. The van der Waals surface area contributed by atoms with E-state index in [0.717, 1.165) is 54.6 Å². The molecule has 67 heavy (non-hydrogen) atoms. The van der Waals surface area contributed by atoms with Gasteiger partial charge in [-0.3, -0.25) is 39.1 Å². The molecular formula is C48H56N14O5. The number of anilines is 2. The molecule has 0 unspecified atom stereocenters. The number of fused-ring (bicyclic) bond motifs is 4. The SMILES string of the molecule is NCCC(=O)N1CCc2nc(NC3Cc4ccccc4C3)ncc2C1.O=C(CC1=NCN=C1)NCCC(=O)N1CCc2nc(NC3Cc4ccccc4C3)ncc2C1.O=C(O)CC1=NCN=C1. The lowest BCUT2D eigenvalue weighted by molar-refractivity contribution is -0.135. The first-order valence-corrected chi connectivity index (χ1v) is 22.8. The third kappa shape index (κ3) is 12.8. The lowest BCUT2D eigenvalue weighted by atomic mass is 10.1. The zero-order valence-electron chi connectivity index (χ0n) is 37.4. The van der Waals surface area contributed by atoms with Gasteiger partial charge in [0, 0.05) is 113 Å². The largest absolute Gasteiger partial charge is 0.481 e. The summed E-state index contributed by atoms with van der Waals surface area (Å²) in [5, 5.41) is 18.0. The summed E-state index contributed by atoms with van der Waals surface area (Å²) < 4.78 is 0. The highest BCUT2D eigenvalue weighted by Gasteiger charge is 2.27. The normalized spacial score (nSPS) is 16.6. The van der Waals surface area contributed by atoms with Gasteiger partial charge in [0.15, 0.2) is 0 Å². The number of hydrogen-bond acceptors (Lipinski definition) is 15. The molecule has 0 fully saturated rings. The van der Waals surface area contributed by atoms with Crippen molar-refractivity contribution in [2.75, 3.05) is 50.1 Å². The molecule has 19 heteroatoms. The number of rotatable bonds is 13. The van der Waals surface area contributed by atoms with Crippen molar-refractivity contribution >= 4 is 59.4 Å². The molecule has 0 radical (unpaired) electrons. The van der Waals surface area contributed by atoms with E-state index in [9.17, 15) is 19.2 Å². The number of carbonyl (C=O) groups is 4. The van der Waals surface area contributed by atoms with Gasteiger partial charge < -0.3 is 36.6 Å². The van der Waals surface area contributed by atoms with Gasteiger partial charge in [0.1, 0.15) is 13.3 Å². The molecule has 0 bridgehead atoms. The molecule has 19 nitrogen and oxygen atoms in total. The number of hydrogen-bond donors (Lipinski definition) is 5. The van der Waals surface area contributed by atoms with Gasteiger partial charge in [0.25, 0.3) is 0 Å². The van der Waals surface area contributed by atoms with Crippen LogP contribution >= 0.6 is 0 Å². The molecule has 4 aliphatic heterocycles. The van der Waals surface area contributed by atoms with Crippen LogP contribution < -0.4 is 21.7 Å². The van der Waals surface area contributed by atoms with Crippen LogP contribution in [0, 0.1) is 0 Å². The number of aromatic nitrogens is 4. The topological polar surface area (TPSA) is 258 Å². The van der Waals surface area contributed by atoms with Crippen LogP contribution in [0.1, 0.15) is 70.5 Å². The number of benzene rings is 2. The van der Waals surface area contributed by atoms with E-state index in [-0.39, 0.29) is 37.0 Å². The third-order valence-electron chi connectivity index (χ3n) is 12.2. The monoisotopic (exact) mass is 908 g/mol. The number of aliphatic imine (C=N–C) groups is 4. The maximum atomic E-state index is 12.6. The van der Waals surface area contributed by atoms with Crippen molar-refractivity contribution in [2.45, 2.75) is 89.4 Å². The summed E-state index contributed by atoms with van der Waals surface area (Å²) in [6, 6.07) is 17.8. The lowest BCUT2D eigenvalue weighted by Crippen LogP contribution is -2.38. The Labute approximate surface area is 388 Å². The maximum absolute atomic E-state index is 12.6. The molecule has 4 aromatic rings. The quantitative estimate of drug-likeness (QED) is 0.130. The Hall–Kier alpha value is -7.28. The molecule has 0 saturated heterocycles. The van der Waals surface area contributed by atoms with E-state index in [2.05, 4.69) is 94.4 Å². The Morgan fingerprint density at radius 1 is 0.642 bits per heavy atom. The smallest absolute Gasteiger partial charge is 0.309 e. The van der Waals surface area contributed by atoms with Gasteiger partial charge in [-0.05, 0) is 47.9 Å². The van der Waals surface area contributed by atoms with Crippen LogP contribution in [0.25, 0.3) is 0 Å². The lowest BCUT2D eigenvalue weighted by Gasteiger charge is -2.28. The van der Waals surface area contributed by atoms with Crippen LogP contribution in [0.2, 0.25) is 0 Å². The highest BCUT2D eigenvalue weighted by molar-refractivity contribution is 6.35. The first-order valence-electron chi connectivity index (χ1n) is 22.8. The van der Waals surface area contributed by atoms with Crippen molar-refractivity contribution in [3.8, 4) is 0 Å². The fourth-order valence-corrected chi connectivity index (χ4v) is 8.86. The van der Waals surface area contributed by atoms with Crippen molar-refractivity contribution in [2.24, 2.45) is 25.7 Å². The summed E-state index contributed by atoms with van der Waals surface area (Å²) in [5.41, 5.74) is 16.4. The number of amides is 3. The Bertz CT molecular complexity index is 2550. The molecule has 6 N–H and O–H groups in total. The van der Waals surface area contributed by atoms with E-state index < -0.39 is 5.97 Å². The first kappa shape index (κ1) is 46.3. The zero-order valence-corrected chi connectivity index (χ0v) is 37.4. The van der Waals surface area contributed by atoms with Crippen molar-refractivity contribution in [1.29, 1.82) is 0 Å². The molecule has 3 amide bonds. The Balaban J connectivity index is 0.000000157. The predicted molar refractivity (Wildman–Crippen MR) is 255 cm³/mol. The average Bonchev–Trinajstić information content (AvgIpc) is 4.18. The van der Waals surface area contributed by atoms with Crippen LogP contribution in [-0.4, -0.2) is 134 Å². The second-order valence-electron chi connectivity index (χ2n) is 17.1. The minimum absolute atomic E-state index is 0.0104. The van der Waals surface area contributed by atoms with Crippen molar-refractivity contribution in [3.05, 3.63) is 106 Å². The number of aliphatic carboxylic acids is 1. The van der Waals surface area contributed by atoms with E-state index in [4.69, 9.17) is 20.8 Å². The second kappa shape index (κ2) is 22.3. The Morgan fingerprint density at radius 2 is 1.10 bits per heavy atom. The van der Waals surface area contributed by atoms with Crippen LogP contribution in [-0.2, 0) is 70.8 Å². The van der Waals surface area contributed by atoms with Gasteiger partial charge in [-0.2, -0.15) is 0 Å². The van der Waals surface area contributed by atoms with Crippen molar-refractivity contribution in [3.63, 3.8) is 0 Å². The van der Waals surface area contributed by atoms with Gasteiger partial charge in [-0.15, -0.1) is 0 Å². The fraction of sp³-hybridized carbons (Fsp3) is 0.417. The number of nitrogens with one attached hydrogen (secondary N) is 3. The molecule has 348 valence electrons. The number of nitrogens with zero attached hydrogens (tertiary/aromatic N) is 10. The molecule has 2 aromatic carbocycles. The van der Waals surface area contributed by atoms with E-state index >= 15 is 0 Å². The van der Waals surface area contributed by atoms with Crippen molar-refractivity contribution < 1.29 is 24.3 Å². The van der Waals surface area contributed by atoms with Crippen LogP contribution in [0.5, 0.6) is 0 Å². The zero-order chi connectivity index (χ0) is 46.5. The molecule has 6 aliphatic rings. The highest BCUT2D eigenvalue weighted by atomic mass is 16.4.